The fraction of sp³-hybridized carbons (Fsp3) is 0.562. The Labute approximate surface area is 260 Å². The maximum atomic E-state index is 14.9. The van der Waals surface area contributed by atoms with Crippen LogP contribution in [-0.2, 0) is 14.6 Å². The summed E-state index contributed by atoms with van der Waals surface area (Å²) < 4.78 is 88.9. The van der Waals surface area contributed by atoms with E-state index >= 15 is 0 Å². The first-order valence-electron chi connectivity index (χ1n) is 15.0. The van der Waals surface area contributed by atoms with E-state index in [0.717, 1.165) is 49.9 Å². The number of rotatable bonds is 9. The number of alkyl halides is 3. The summed E-state index contributed by atoms with van der Waals surface area (Å²) in [7, 11) is -4.29. The summed E-state index contributed by atoms with van der Waals surface area (Å²) in [5.74, 6) is -1.84. The average molecular weight is 655 g/mol. The van der Waals surface area contributed by atoms with Gasteiger partial charge in [0.1, 0.15) is 5.75 Å². The summed E-state index contributed by atoms with van der Waals surface area (Å²) in [6.45, 7) is 6.89. The van der Waals surface area contributed by atoms with Crippen LogP contribution in [0.4, 0.5) is 23.2 Å². The predicted molar refractivity (Wildman–Crippen MR) is 158 cm³/mol. The first-order chi connectivity index (χ1) is 21.0. The Kier molecular flexibility index (Phi) is 8.89. The first kappa shape index (κ1) is 33.0. The Balaban J connectivity index is 1.30. The van der Waals surface area contributed by atoms with Gasteiger partial charge in [-0.05, 0) is 85.5 Å². The van der Waals surface area contributed by atoms with E-state index in [2.05, 4.69) is 31.4 Å². The highest BCUT2D eigenvalue weighted by Gasteiger charge is 2.52. The molecule has 2 amide bonds. The molecule has 3 aliphatic carbocycles. The topological polar surface area (TPSA) is 111 Å². The van der Waals surface area contributed by atoms with Crippen LogP contribution in [0.2, 0.25) is 0 Å². The van der Waals surface area contributed by atoms with Crippen molar-refractivity contribution in [2.75, 3.05) is 19.0 Å². The lowest BCUT2D eigenvalue weighted by atomic mass is 9.63. The van der Waals surface area contributed by atoms with Gasteiger partial charge < -0.3 is 20.1 Å². The lowest BCUT2D eigenvalue weighted by Crippen LogP contribution is -2.48. The van der Waals surface area contributed by atoms with Crippen LogP contribution in [0.15, 0.2) is 41.3 Å². The maximum Gasteiger partial charge on any atom is 0.501 e. The number of nitrogens with one attached hydrogen (secondary N) is 2. The summed E-state index contributed by atoms with van der Waals surface area (Å²) in [5.41, 5.74) is -5.36. The lowest BCUT2D eigenvalue weighted by molar-refractivity contribution is -0.122. The molecular weight excluding hydrogens is 616 g/mol. The van der Waals surface area contributed by atoms with E-state index in [1.54, 1.807) is 0 Å². The monoisotopic (exact) mass is 654 g/mol. The van der Waals surface area contributed by atoms with Gasteiger partial charge in [-0.3, -0.25) is 9.59 Å². The van der Waals surface area contributed by atoms with Gasteiger partial charge in [0.15, 0.2) is 11.6 Å². The van der Waals surface area contributed by atoms with Crippen molar-refractivity contribution in [2.24, 2.45) is 35.0 Å². The van der Waals surface area contributed by atoms with Crippen molar-refractivity contribution in [1.29, 1.82) is 0 Å². The maximum absolute atomic E-state index is 14.9. The van der Waals surface area contributed by atoms with Gasteiger partial charge in [-0.25, -0.2) is 12.8 Å². The second kappa shape index (κ2) is 12.1. The Morgan fingerprint density at radius 1 is 0.978 bits per heavy atom. The van der Waals surface area contributed by atoms with E-state index in [0.29, 0.717) is 18.9 Å². The Bertz CT molecular complexity index is 1570. The molecule has 2 N–H and O–H groups in total. The fourth-order valence-electron chi connectivity index (χ4n) is 6.98. The Morgan fingerprint density at radius 3 is 2.31 bits per heavy atom. The second-order valence-electron chi connectivity index (χ2n) is 13.5. The van der Waals surface area contributed by atoms with E-state index in [-0.39, 0.29) is 45.9 Å². The highest BCUT2D eigenvalue weighted by atomic mass is 32.2. The van der Waals surface area contributed by atoms with E-state index in [4.69, 9.17) is 9.47 Å². The van der Waals surface area contributed by atoms with E-state index < -0.39 is 49.8 Å². The van der Waals surface area contributed by atoms with E-state index in [9.17, 15) is 35.6 Å². The minimum Gasteiger partial charge on any atom is -0.496 e. The zero-order valence-electron chi connectivity index (χ0n) is 25.5. The number of benzene rings is 2. The van der Waals surface area contributed by atoms with Crippen LogP contribution in [0.25, 0.3) is 0 Å². The molecule has 0 unspecified atom stereocenters. The number of methoxy groups -OCH3 is 1. The average Bonchev–Trinajstić information content (AvgIpc) is 3.53. The number of sulfone groups is 1. The third kappa shape index (κ3) is 6.64. The summed E-state index contributed by atoms with van der Waals surface area (Å²) in [4.78, 5) is 26.0. The largest absolute Gasteiger partial charge is 0.501 e. The quantitative estimate of drug-likeness (QED) is 0.305. The third-order valence-corrected chi connectivity index (χ3v) is 11.2. The van der Waals surface area contributed by atoms with Crippen LogP contribution in [-0.4, -0.2) is 45.5 Å². The molecule has 0 aliphatic heterocycles. The van der Waals surface area contributed by atoms with Gasteiger partial charge >= 0.3 is 5.51 Å². The molecule has 2 aromatic carbocycles. The van der Waals surface area contributed by atoms with Gasteiger partial charge in [0.25, 0.3) is 15.7 Å². The molecule has 8 nitrogen and oxygen atoms in total. The number of carbonyl (C=O) groups is 2. The van der Waals surface area contributed by atoms with Gasteiger partial charge in [-0.15, -0.1) is 0 Å². The molecule has 0 spiro atoms. The van der Waals surface area contributed by atoms with Crippen LogP contribution in [0, 0.1) is 40.8 Å². The van der Waals surface area contributed by atoms with E-state index in [1.165, 1.54) is 19.2 Å². The molecule has 13 heteroatoms. The highest BCUT2D eigenvalue weighted by Crippen LogP contribution is 2.49. The van der Waals surface area contributed by atoms with Gasteiger partial charge in [0.2, 0.25) is 5.91 Å². The molecule has 2 aromatic rings. The summed E-state index contributed by atoms with van der Waals surface area (Å²) in [5, 5.41) is 5.48. The summed E-state index contributed by atoms with van der Waals surface area (Å²) in [6, 6.07) is 5.77. The number of amides is 2. The van der Waals surface area contributed by atoms with Crippen LogP contribution in [0.3, 0.4) is 0 Å². The molecular formula is C32H38F4N2O6S. The minimum atomic E-state index is -5.61. The van der Waals surface area contributed by atoms with Crippen molar-refractivity contribution in [2.45, 2.75) is 69.3 Å². The minimum absolute atomic E-state index is 0.000590. The van der Waals surface area contributed by atoms with Crippen molar-refractivity contribution >= 4 is 27.3 Å². The number of hydrogen-bond acceptors (Lipinski definition) is 6. The Morgan fingerprint density at radius 2 is 1.67 bits per heavy atom. The molecule has 246 valence electrons. The molecule has 0 saturated heterocycles. The molecule has 0 heterocycles. The number of hydrogen-bond donors (Lipinski definition) is 2. The van der Waals surface area contributed by atoms with Crippen LogP contribution in [0.5, 0.6) is 11.5 Å². The van der Waals surface area contributed by atoms with Gasteiger partial charge in [0, 0.05) is 17.8 Å². The predicted octanol–water partition coefficient (Wildman–Crippen LogP) is 6.36. The molecule has 3 fully saturated rings. The fourth-order valence-corrected chi connectivity index (χ4v) is 7.79. The van der Waals surface area contributed by atoms with Gasteiger partial charge in [-0.1, -0.05) is 26.8 Å². The zero-order valence-corrected chi connectivity index (χ0v) is 26.4. The lowest BCUT2D eigenvalue weighted by Gasteiger charge is -2.43. The van der Waals surface area contributed by atoms with Crippen molar-refractivity contribution in [1.82, 2.24) is 5.32 Å². The first-order valence-corrected chi connectivity index (χ1v) is 16.5. The zero-order chi connectivity index (χ0) is 32.9. The SMILES string of the molecule is COc1cc(F)c(OCC2CC(C(C)(C)C)C2)cc1C(=O)N[C@@H]1[C@@H]2CC[C@@H](C2)[C@@H]1C(=O)Nc1cccc(S(=O)(=O)C(F)(F)F)c1. The smallest absolute Gasteiger partial charge is 0.496 e. The van der Waals surface area contributed by atoms with Crippen LogP contribution < -0.4 is 20.1 Å². The van der Waals surface area contributed by atoms with Crippen molar-refractivity contribution in [3.05, 3.63) is 47.8 Å². The van der Waals surface area contributed by atoms with Crippen LogP contribution >= 0.6 is 0 Å². The molecule has 4 atom stereocenters. The third-order valence-electron chi connectivity index (χ3n) is 9.67. The van der Waals surface area contributed by atoms with Crippen LogP contribution in [0.1, 0.15) is 63.2 Å². The van der Waals surface area contributed by atoms with Gasteiger partial charge in [0.05, 0.1) is 30.1 Å². The van der Waals surface area contributed by atoms with Gasteiger partial charge in [-0.2, -0.15) is 13.2 Å². The number of carbonyl (C=O) groups excluding carboxylic acids is 2. The molecule has 0 radical (unpaired) electrons. The van der Waals surface area contributed by atoms with Crippen molar-refractivity contribution in [3.63, 3.8) is 0 Å². The molecule has 45 heavy (non-hydrogen) atoms. The number of fused-ring (bicyclic) bond motifs is 2. The standard InChI is InChI=1S/C32H38F4N2O6S/c1-31(2,3)20-10-17(11-20)16-44-26-14-23(25(43-4)15-24(26)33)29(39)38-28-19-9-8-18(12-19)27(28)30(40)37-21-6-5-7-22(13-21)45(41,42)32(34,35)36/h5-7,13-15,17-20,27-28H,8-12,16H2,1-4H3,(H,37,40)(H,38,39)/t17?,18-,19+,20?,27-,28+/m0/s1. The van der Waals surface area contributed by atoms with Crippen molar-refractivity contribution < 1.29 is 45.0 Å². The molecule has 5 rings (SSSR count). The number of halogens is 4. The molecule has 2 bridgehead atoms. The highest BCUT2D eigenvalue weighted by molar-refractivity contribution is 7.92. The summed E-state index contributed by atoms with van der Waals surface area (Å²) in [6.07, 6.45) is 4.12. The molecule has 3 saturated carbocycles. The summed E-state index contributed by atoms with van der Waals surface area (Å²) >= 11 is 0. The number of anilines is 1. The van der Waals surface area contributed by atoms with Crippen molar-refractivity contribution in [3.8, 4) is 11.5 Å². The second-order valence-corrected chi connectivity index (χ2v) is 15.5. The molecule has 0 aromatic heterocycles. The number of ether oxygens (including phenoxy) is 2. The Hall–Kier alpha value is -3.35. The van der Waals surface area contributed by atoms with E-state index in [1.807, 2.05) is 0 Å². The molecule has 3 aliphatic rings. The normalized spacial score (nSPS) is 26.2.